The summed E-state index contributed by atoms with van der Waals surface area (Å²) in [5, 5.41) is 0. The molecule has 0 N–H and O–H groups in total. The second-order valence-electron chi connectivity index (χ2n) is 7.83. The molecule has 0 aliphatic heterocycles. The first-order valence-corrected chi connectivity index (χ1v) is 10.2. The van der Waals surface area contributed by atoms with Crippen molar-refractivity contribution in [2.24, 2.45) is 0 Å². The smallest absolute Gasteiger partial charge is 0.339 e. The molecule has 2 aromatic rings. The fourth-order valence-electron chi connectivity index (χ4n) is 3.39. The number of hydrogen-bond acceptors (Lipinski definition) is 6. The highest BCUT2D eigenvalue weighted by atomic mass is 16.6. The Kier molecular flexibility index (Phi) is 7.82. The van der Waals surface area contributed by atoms with E-state index in [1.807, 2.05) is 0 Å². The molecule has 0 radical (unpaired) electrons. The van der Waals surface area contributed by atoms with E-state index in [-0.39, 0.29) is 6.42 Å². The standard InChI is InChI=1S/C26H28O6/c1-8-26(7,32-25(29)21-12-10-9-11-13-21)15-14-22-18(4)23(30-19(5)27)16(2)17(3)24(22)31-20(6)28/h1,9-13H,14-15H2,2-7H3. The number of ether oxygens (including phenoxy) is 3. The number of hydrogen-bond donors (Lipinski definition) is 0. The molecular formula is C26H28O6. The topological polar surface area (TPSA) is 78.9 Å². The molecule has 2 aromatic carbocycles. The molecule has 0 spiro atoms. The van der Waals surface area contributed by atoms with Crippen LogP contribution in [0.1, 0.15) is 59.8 Å². The van der Waals surface area contributed by atoms with Crippen LogP contribution in [0.25, 0.3) is 0 Å². The molecule has 0 heterocycles. The van der Waals surface area contributed by atoms with Crippen molar-refractivity contribution in [2.45, 2.75) is 60.0 Å². The van der Waals surface area contributed by atoms with Crippen LogP contribution in [0.3, 0.4) is 0 Å². The monoisotopic (exact) mass is 436 g/mol. The molecule has 0 amide bonds. The zero-order valence-electron chi connectivity index (χ0n) is 19.3. The van der Waals surface area contributed by atoms with Gasteiger partial charge in [-0.15, -0.1) is 6.42 Å². The van der Waals surface area contributed by atoms with Gasteiger partial charge in [-0.25, -0.2) is 4.79 Å². The zero-order valence-corrected chi connectivity index (χ0v) is 19.3. The van der Waals surface area contributed by atoms with Gasteiger partial charge in [0.1, 0.15) is 11.5 Å². The third-order valence-electron chi connectivity index (χ3n) is 5.29. The number of rotatable bonds is 7. The van der Waals surface area contributed by atoms with Gasteiger partial charge in [0.25, 0.3) is 0 Å². The number of terminal acetylenes is 1. The Hall–Kier alpha value is -3.59. The summed E-state index contributed by atoms with van der Waals surface area (Å²) < 4.78 is 16.6. The van der Waals surface area contributed by atoms with E-state index in [4.69, 9.17) is 20.6 Å². The lowest BCUT2D eigenvalue weighted by Gasteiger charge is -2.26. The summed E-state index contributed by atoms with van der Waals surface area (Å²) in [7, 11) is 0. The first-order chi connectivity index (χ1) is 15.0. The summed E-state index contributed by atoms with van der Waals surface area (Å²) in [4.78, 5) is 35.9. The highest BCUT2D eigenvalue weighted by Gasteiger charge is 2.29. The second kappa shape index (κ2) is 10.1. The molecular weight excluding hydrogens is 408 g/mol. The molecule has 0 saturated heterocycles. The Balaban J connectivity index is 2.41. The second-order valence-corrected chi connectivity index (χ2v) is 7.83. The van der Waals surface area contributed by atoms with E-state index in [9.17, 15) is 14.4 Å². The molecule has 1 atom stereocenters. The first-order valence-electron chi connectivity index (χ1n) is 10.2. The molecule has 2 rings (SSSR count). The van der Waals surface area contributed by atoms with Crippen molar-refractivity contribution in [3.05, 3.63) is 58.1 Å². The van der Waals surface area contributed by atoms with Crippen molar-refractivity contribution in [3.63, 3.8) is 0 Å². The predicted molar refractivity (Wildman–Crippen MR) is 121 cm³/mol. The molecule has 0 aliphatic carbocycles. The quantitative estimate of drug-likeness (QED) is 0.357. The lowest BCUT2D eigenvalue weighted by Crippen LogP contribution is -2.31. The van der Waals surface area contributed by atoms with Crippen LogP contribution in [0.5, 0.6) is 11.5 Å². The summed E-state index contributed by atoms with van der Waals surface area (Å²) in [6.07, 6.45) is 6.31. The average Bonchev–Trinajstić information content (AvgIpc) is 2.74. The molecule has 0 aromatic heterocycles. The molecule has 32 heavy (non-hydrogen) atoms. The van der Waals surface area contributed by atoms with Gasteiger partial charge in [0, 0.05) is 25.8 Å². The van der Waals surface area contributed by atoms with Crippen LogP contribution in [0.4, 0.5) is 0 Å². The van der Waals surface area contributed by atoms with Gasteiger partial charge in [0.15, 0.2) is 5.60 Å². The Morgan fingerprint density at radius 3 is 1.97 bits per heavy atom. The van der Waals surface area contributed by atoms with E-state index in [1.165, 1.54) is 13.8 Å². The first kappa shape index (κ1) is 24.7. The predicted octanol–water partition coefficient (Wildman–Crippen LogP) is 4.64. The van der Waals surface area contributed by atoms with Crippen LogP contribution in [-0.4, -0.2) is 23.5 Å². The van der Waals surface area contributed by atoms with Crippen LogP contribution in [-0.2, 0) is 20.7 Å². The van der Waals surface area contributed by atoms with Gasteiger partial charge in [-0.3, -0.25) is 9.59 Å². The Bertz CT molecular complexity index is 1080. The third-order valence-corrected chi connectivity index (χ3v) is 5.29. The zero-order chi connectivity index (χ0) is 24.1. The fraction of sp³-hybridized carbons (Fsp3) is 0.346. The van der Waals surface area contributed by atoms with Crippen molar-refractivity contribution < 1.29 is 28.6 Å². The van der Waals surface area contributed by atoms with Gasteiger partial charge in [0.2, 0.25) is 0 Å². The highest BCUT2D eigenvalue weighted by Crippen LogP contribution is 2.39. The van der Waals surface area contributed by atoms with Gasteiger partial charge >= 0.3 is 17.9 Å². The lowest BCUT2D eigenvalue weighted by molar-refractivity contribution is -0.133. The Morgan fingerprint density at radius 2 is 1.44 bits per heavy atom. The molecule has 0 saturated carbocycles. The third kappa shape index (κ3) is 5.76. The normalized spacial score (nSPS) is 12.3. The summed E-state index contributed by atoms with van der Waals surface area (Å²) >= 11 is 0. The van der Waals surface area contributed by atoms with E-state index in [0.717, 1.165) is 0 Å². The minimum atomic E-state index is -1.20. The SMILES string of the molecule is C#CC(C)(CCc1c(C)c(OC(C)=O)c(C)c(C)c1OC(C)=O)OC(=O)c1ccccc1. The number of esters is 3. The largest absolute Gasteiger partial charge is 0.443 e. The minimum Gasteiger partial charge on any atom is -0.443 e. The molecule has 6 nitrogen and oxygen atoms in total. The maximum absolute atomic E-state index is 12.5. The number of carbonyl (C=O) groups excluding carboxylic acids is 3. The lowest BCUT2D eigenvalue weighted by atomic mass is 9.90. The number of benzene rings is 2. The van der Waals surface area contributed by atoms with Gasteiger partial charge in [-0.2, -0.15) is 0 Å². The van der Waals surface area contributed by atoms with Crippen molar-refractivity contribution in [1.82, 2.24) is 0 Å². The van der Waals surface area contributed by atoms with Gasteiger partial charge in [-0.1, -0.05) is 24.1 Å². The van der Waals surface area contributed by atoms with E-state index in [2.05, 4.69) is 5.92 Å². The van der Waals surface area contributed by atoms with Crippen molar-refractivity contribution in [1.29, 1.82) is 0 Å². The number of carbonyl (C=O) groups is 3. The maximum Gasteiger partial charge on any atom is 0.339 e. The maximum atomic E-state index is 12.5. The van der Waals surface area contributed by atoms with Crippen LogP contribution in [0.15, 0.2) is 30.3 Å². The molecule has 168 valence electrons. The van der Waals surface area contributed by atoms with E-state index in [1.54, 1.807) is 58.0 Å². The highest BCUT2D eigenvalue weighted by molar-refractivity contribution is 5.89. The molecule has 6 heteroatoms. The fourth-order valence-corrected chi connectivity index (χ4v) is 3.39. The Morgan fingerprint density at radius 1 is 0.906 bits per heavy atom. The average molecular weight is 437 g/mol. The van der Waals surface area contributed by atoms with Crippen molar-refractivity contribution in [2.75, 3.05) is 0 Å². The Labute approximate surface area is 188 Å². The van der Waals surface area contributed by atoms with Crippen molar-refractivity contribution >= 4 is 17.9 Å². The summed E-state index contributed by atoms with van der Waals surface area (Å²) in [6, 6.07) is 8.58. The molecule has 1 unspecified atom stereocenters. The van der Waals surface area contributed by atoms with Gasteiger partial charge < -0.3 is 14.2 Å². The van der Waals surface area contributed by atoms with Gasteiger partial charge in [-0.05, 0) is 62.9 Å². The summed E-state index contributed by atoms with van der Waals surface area (Å²) in [5.74, 6) is 1.94. The van der Waals surface area contributed by atoms with E-state index in [0.29, 0.717) is 45.7 Å². The van der Waals surface area contributed by atoms with Crippen LogP contribution in [0, 0.1) is 33.1 Å². The molecule has 0 fully saturated rings. The van der Waals surface area contributed by atoms with Crippen molar-refractivity contribution in [3.8, 4) is 23.8 Å². The van der Waals surface area contributed by atoms with Crippen LogP contribution < -0.4 is 9.47 Å². The van der Waals surface area contributed by atoms with Crippen LogP contribution in [0.2, 0.25) is 0 Å². The van der Waals surface area contributed by atoms with Gasteiger partial charge in [0.05, 0.1) is 5.56 Å². The van der Waals surface area contributed by atoms with E-state index >= 15 is 0 Å². The minimum absolute atomic E-state index is 0.263. The van der Waals surface area contributed by atoms with E-state index < -0.39 is 23.5 Å². The molecule has 0 bridgehead atoms. The summed E-state index contributed by atoms with van der Waals surface area (Å²) in [6.45, 7) is 9.68. The molecule has 0 aliphatic rings. The van der Waals surface area contributed by atoms with Crippen LogP contribution >= 0.6 is 0 Å². The summed E-state index contributed by atoms with van der Waals surface area (Å²) in [5.41, 5.74) is 1.90.